The van der Waals surface area contributed by atoms with Crippen LogP contribution in [0.2, 0.25) is 0 Å². The minimum Gasteiger partial charge on any atom is -0.497 e. The van der Waals surface area contributed by atoms with Crippen molar-refractivity contribution < 1.29 is 14.3 Å². The molecule has 0 bridgehead atoms. The lowest BCUT2D eigenvalue weighted by atomic mass is 9.68. The maximum absolute atomic E-state index is 11.9. The van der Waals surface area contributed by atoms with Crippen molar-refractivity contribution in [3.05, 3.63) is 24.3 Å². The molecule has 2 rings (SSSR count). The standard InChI is InChI=1S/C15H21NO3/c1-16(12-5-7-13(18-2)8-6-12)11-15(9-4-10-15)14(17)19-3/h5-8H,4,9-11H2,1-3H3. The zero-order valence-electron chi connectivity index (χ0n) is 11.8. The van der Waals surface area contributed by atoms with Crippen LogP contribution in [0.15, 0.2) is 24.3 Å². The minimum atomic E-state index is -0.316. The van der Waals surface area contributed by atoms with Crippen LogP contribution in [0.3, 0.4) is 0 Å². The second kappa shape index (κ2) is 5.51. The van der Waals surface area contributed by atoms with E-state index in [0.717, 1.165) is 30.7 Å². The molecule has 0 saturated heterocycles. The third-order valence-corrected chi connectivity index (χ3v) is 3.98. The van der Waals surface area contributed by atoms with Gasteiger partial charge in [-0.05, 0) is 37.1 Å². The number of benzene rings is 1. The molecule has 1 aliphatic carbocycles. The molecule has 1 saturated carbocycles. The van der Waals surface area contributed by atoms with Gasteiger partial charge < -0.3 is 14.4 Å². The van der Waals surface area contributed by atoms with Gasteiger partial charge in [0.2, 0.25) is 0 Å². The summed E-state index contributed by atoms with van der Waals surface area (Å²) in [5.41, 5.74) is 0.764. The third-order valence-electron chi connectivity index (χ3n) is 3.98. The Morgan fingerprint density at radius 2 is 1.89 bits per heavy atom. The maximum atomic E-state index is 11.9. The summed E-state index contributed by atoms with van der Waals surface area (Å²) in [6.45, 7) is 0.700. The SMILES string of the molecule is COC(=O)C1(CN(C)c2ccc(OC)cc2)CCC1. The summed E-state index contributed by atoms with van der Waals surface area (Å²) in [5.74, 6) is 0.752. The monoisotopic (exact) mass is 263 g/mol. The zero-order valence-corrected chi connectivity index (χ0v) is 11.8. The van der Waals surface area contributed by atoms with Gasteiger partial charge in [-0.25, -0.2) is 0 Å². The molecule has 0 spiro atoms. The Hall–Kier alpha value is -1.71. The number of anilines is 1. The summed E-state index contributed by atoms with van der Waals surface area (Å²) in [4.78, 5) is 14.0. The van der Waals surface area contributed by atoms with E-state index in [4.69, 9.17) is 9.47 Å². The first-order valence-corrected chi connectivity index (χ1v) is 6.55. The Labute approximate surface area is 114 Å². The highest BCUT2D eigenvalue weighted by molar-refractivity contribution is 5.78. The summed E-state index contributed by atoms with van der Waals surface area (Å²) in [5, 5.41) is 0. The molecule has 104 valence electrons. The van der Waals surface area contributed by atoms with Gasteiger partial charge in [0.15, 0.2) is 0 Å². The topological polar surface area (TPSA) is 38.8 Å². The van der Waals surface area contributed by atoms with Crippen LogP contribution >= 0.6 is 0 Å². The highest BCUT2D eigenvalue weighted by atomic mass is 16.5. The number of rotatable bonds is 5. The fourth-order valence-corrected chi connectivity index (χ4v) is 2.63. The molecule has 1 aromatic rings. The number of methoxy groups -OCH3 is 2. The van der Waals surface area contributed by atoms with Crippen LogP contribution in [-0.2, 0) is 9.53 Å². The normalized spacial score (nSPS) is 16.4. The largest absolute Gasteiger partial charge is 0.497 e. The van der Waals surface area contributed by atoms with Crippen molar-refractivity contribution in [1.29, 1.82) is 0 Å². The van der Waals surface area contributed by atoms with Gasteiger partial charge in [0.05, 0.1) is 19.6 Å². The lowest BCUT2D eigenvalue weighted by Gasteiger charge is -2.42. The molecule has 0 aromatic heterocycles. The van der Waals surface area contributed by atoms with E-state index < -0.39 is 0 Å². The molecule has 1 aliphatic rings. The Morgan fingerprint density at radius 1 is 1.26 bits per heavy atom. The van der Waals surface area contributed by atoms with Gasteiger partial charge in [-0.1, -0.05) is 6.42 Å². The molecule has 0 aliphatic heterocycles. The number of carbonyl (C=O) groups is 1. The molecule has 0 radical (unpaired) electrons. The zero-order chi connectivity index (χ0) is 13.9. The van der Waals surface area contributed by atoms with Crippen molar-refractivity contribution in [2.75, 3.05) is 32.7 Å². The predicted octanol–water partition coefficient (Wildman–Crippen LogP) is 2.47. The van der Waals surface area contributed by atoms with Crippen molar-refractivity contribution in [2.45, 2.75) is 19.3 Å². The number of carbonyl (C=O) groups excluding carboxylic acids is 1. The lowest BCUT2D eigenvalue weighted by molar-refractivity contribution is -0.157. The molecule has 0 amide bonds. The number of ether oxygens (including phenoxy) is 2. The van der Waals surface area contributed by atoms with E-state index in [1.165, 1.54) is 7.11 Å². The van der Waals surface area contributed by atoms with Crippen molar-refractivity contribution in [3.63, 3.8) is 0 Å². The Kier molecular flexibility index (Phi) is 3.98. The first-order valence-electron chi connectivity index (χ1n) is 6.55. The van der Waals surface area contributed by atoms with E-state index in [0.29, 0.717) is 6.54 Å². The van der Waals surface area contributed by atoms with Gasteiger partial charge in [0, 0.05) is 19.3 Å². The molecule has 4 heteroatoms. The van der Waals surface area contributed by atoms with Gasteiger partial charge in [0.25, 0.3) is 0 Å². The fraction of sp³-hybridized carbons (Fsp3) is 0.533. The van der Waals surface area contributed by atoms with E-state index in [9.17, 15) is 4.79 Å². The molecule has 0 atom stereocenters. The quantitative estimate of drug-likeness (QED) is 0.765. The van der Waals surface area contributed by atoms with Crippen LogP contribution in [-0.4, -0.2) is 33.8 Å². The predicted molar refractivity (Wildman–Crippen MR) is 74.6 cm³/mol. The van der Waals surface area contributed by atoms with E-state index in [2.05, 4.69) is 4.90 Å². The molecular formula is C15H21NO3. The molecule has 1 fully saturated rings. The molecule has 0 N–H and O–H groups in total. The fourth-order valence-electron chi connectivity index (χ4n) is 2.63. The van der Waals surface area contributed by atoms with Crippen LogP contribution in [0.4, 0.5) is 5.69 Å². The van der Waals surface area contributed by atoms with Crippen molar-refractivity contribution >= 4 is 11.7 Å². The highest BCUT2D eigenvalue weighted by Crippen LogP contribution is 2.43. The third kappa shape index (κ3) is 2.67. The maximum Gasteiger partial charge on any atom is 0.313 e. The minimum absolute atomic E-state index is 0.0842. The van der Waals surface area contributed by atoms with E-state index in [-0.39, 0.29) is 11.4 Å². The lowest BCUT2D eigenvalue weighted by Crippen LogP contribution is -2.47. The molecule has 0 heterocycles. The van der Waals surface area contributed by atoms with Crippen molar-refractivity contribution in [1.82, 2.24) is 0 Å². The molecule has 1 aromatic carbocycles. The Morgan fingerprint density at radius 3 is 2.32 bits per heavy atom. The number of hydrogen-bond acceptors (Lipinski definition) is 4. The van der Waals surface area contributed by atoms with Gasteiger partial charge in [-0.3, -0.25) is 4.79 Å². The van der Waals surface area contributed by atoms with Gasteiger partial charge in [-0.15, -0.1) is 0 Å². The summed E-state index contributed by atoms with van der Waals surface area (Å²) in [6, 6.07) is 7.86. The molecule has 19 heavy (non-hydrogen) atoms. The first-order chi connectivity index (χ1) is 9.11. The van der Waals surface area contributed by atoms with Gasteiger partial charge in [-0.2, -0.15) is 0 Å². The number of hydrogen-bond donors (Lipinski definition) is 0. The van der Waals surface area contributed by atoms with Crippen LogP contribution in [0.25, 0.3) is 0 Å². The average molecular weight is 263 g/mol. The highest BCUT2D eigenvalue weighted by Gasteiger charge is 2.46. The summed E-state index contributed by atoms with van der Waals surface area (Å²) >= 11 is 0. The van der Waals surface area contributed by atoms with Crippen LogP contribution in [0.5, 0.6) is 5.75 Å². The number of esters is 1. The second-order valence-electron chi connectivity index (χ2n) is 5.18. The van der Waals surface area contributed by atoms with Crippen molar-refractivity contribution in [3.8, 4) is 5.75 Å². The van der Waals surface area contributed by atoms with Gasteiger partial charge in [0.1, 0.15) is 5.75 Å². The van der Waals surface area contributed by atoms with Crippen molar-refractivity contribution in [2.24, 2.45) is 5.41 Å². The number of nitrogens with zero attached hydrogens (tertiary/aromatic N) is 1. The van der Waals surface area contributed by atoms with Gasteiger partial charge >= 0.3 is 5.97 Å². The van der Waals surface area contributed by atoms with Crippen LogP contribution in [0.1, 0.15) is 19.3 Å². The first kappa shape index (κ1) is 13.7. The molecule has 4 nitrogen and oxygen atoms in total. The van der Waals surface area contributed by atoms with E-state index in [1.54, 1.807) is 7.11 Å². The second-order valence-corrected chi connectivity index (χ2v) is 5.18. The Bertz CT molecular complexity index is 437. The van der Waals surface area contributed by atoms with E-state index >= 15 is 0 Å². The Balaban J connectivity index is 2.06. The summed E-state index contributed by atoms with van der Waals surface area (Å²) in [7, 11) is 5.12. The van der Waals surface area contributed by atoms with Crippen LogP contribution in [0, 0.1) is 5.41 Å². The van der Waals surface area contributed by atoms with Crippen LogP contribution < -0.4 is 9.64 Å². The summed E-state index contributed by atoms with van der Waals surface area (Å²) in [6.07, 6.45) is 2.94. The average Bonchev–Trinajstić information content (AvgIpc) is 2.41. The van der Waals surface area contributed by atoms with E-state index in [1.807, 2.05) is 31.3 Å². The summed E-state index contributed by atoms with van der Waals surface area (Å²) < 4.78 is 10.1. The molecular weight excluding hydrogens is 242 g/mol. The molecule has 0 unspecified atom stereocenters. The smallest absolute Gasteiger partial charge is 0.313 e.